The Morgan fingerprint density at radius 3 is 2.23 bits per heavy atom. The van der Waals surface area contributed by atoms with Gasteiger partial charge < -0.3 is 10.2 Å². The monoisotopic (exact) mass is 382 g/mol. The second kappa shape index (κ2) is 7.94. The largest absolute Gasteiger partial charge is 0.417 e. The quantitative estimate of drug-likeness (QED) is 0.624. The van der Waals surface area contributed by atoms with Crippen LogP contribution in [0.5, 0.6) is 0 Å². The van der Waals surface area contributed by atoms with Crippen LogP contribution < -0.4 is 0 Å². The highest BCUT2D eigenvalue weighted by atomic mass is 19.4. The minimum atomic E-state index is -4.74. The maximum absolute atomic E-state index is 13.8. The number of aliphatic hydroxyl groups excluding tert-OH is 1. The van der Waals surface area contributed by atoms with Crippen LogP contribution in [-0.4, -0.2) is 34.3 Å². The van der Waals surface area contributed by atoms with Crippen molar-refractivity contribution in [3.8, 4) is 0 Å². The first-order chi connectivity index (χ1) is 11.8. The summed E-state index contributed by atoms with van der Waals surface area (Å²) in [5.41, 5.74) is -3.80. The van der Waals surface area contributed by atoms with Gasteiger partial charge in [0.25, 0.3) is 0 Å². The lowest BCUT2D eigenvalue weighted by Crippen LogP contribution is -2.52. The summed E-state index contributed by atoms with van der Waals surface area (Å²) in [6.45, 7) is 5.29. The SMILES string of the molecule is CC1CCCC(CC(O)(CC(C)(C)C2CC(F)CCC2O)C(F)(F)F)C1. The highest BCUT2D eigenvalue weighted by molar-refractivity contribution is 4.98. The average Bonchev–Trinajstić information content (AvgIpc) is 2.48. The molecule has 2 nitrogen and oxygen atoms in total. The van der Waals surface area contributed by atoms with Crippen LogP contribution in [0.3, 0.4) is 0 Å². The summed E-state index contributed by atoms with van der Waals surface area (Å²) in [5.74, 6) is -0.344. The van der Waals surface area contributed by atoms with E-state index in [1.165, 1.54) is 0 Å². The van der Waals surface area contributed by atoms with E-state index >= 15 is 0 Å². The average molecular weight is 382 g/mol. The van der Waals surface area contributed by atoms with Crippen molar-refractivity contribution < 1.29 is 27.8 Å². The topological polar surface area (TPSA) is 40.5 Å². The molecule has 6 unspecified atom stereocenters. The van der Waals surface area contributed by atoms with E-state index in [0.717, 1.165) is 12.8 Å². The smallest absolute Gasteiger partial charge is 0.393 e. The van der Waals surface area contributed by atoms with Crippen molar-refractivity contribution in [3.05, 3.63) is 0 Å². The lowest BCUT2D eigenvalue weighted by atomic mass is 9.63. The number of rotatable bonds is 5. The van der Waals surface area contributed by atoms with E-state index in [2.05, 4.69) is 0 Å². The first-order valence-electron chi connectivity index (χ1n) is 9.95. The maximum Gasteiger partial charge on any atom is 0.417 e. The van der Waals surface area contributed by atoms with Gasteiger partial charge in [0.1, 0.15) is 6.17 Å². The molecular formula is C20H34F4O2. The van der Waals surface area contributed by atoms with Gasteiger partial charge in [0.15, 0.2) is 5.60 Å². The second-order valence-corrected chi connectivity index (χ2v) is 9.62. The van der Waals surface area contributed by atoms with Crippen molar-refractivity contribution in [1.82, 2.24) is 0 Å². The standard InChI is InChI=1S/C20H34F4O2/c1-13-5-4-6-14(9-13)11-19(26,20(22,23)24)12-18(2,3)16-10-15(21)7-8-17(16)25/h13-17,25-26H,4-12H2,1-3H3. The van der Waals surface area contributed by atoms with Crippen LogP contribution >= 0.6 is 0 Å². The summed E-state index contributed by atoms with van der Waals surface area (Å²) in [5, 5.41) is 21.0. The molecule has 0 aromatic carbocycles. The van der Waals surface area contributed by atoms with Crippen LogP contribution in [0, 0.1) is 23.2 Å². The lowest BCUT2D eigenvalue weighted by Gasteiger charge is -2.46. The molecule has 0 aromatic rings. The van der Waals surface area contributed by atoms with Crippen LogP contribution in [0.15, 0.2) is 0 Å². The molecule has 0 aromatic heterocycles. The van der Waals surface area contributed by atoms with E-state index in [9.17, 15) is 27.8 Å². The molecular weight excluding hydrogens is 348 g/mol. The summed E-state index contributed by atoms with van der Waals surface area (Å²) >= 11 is 0. The molecule has 6 atom stereocenters. The third-order valence-corrected chi connectivity index (χ3v) is 6.70. The number of alkyl halides is 4. The van der Waals surface area contributed by atoms with Gasteiger partial charge in [-0.05, 0) is 61.7 Å². The molecule has 154 valence electrons. The Labute approximate surface area is 154 Å². The van der Waals surface area contributed by atoms with Gasteiger partial charge in [-0.15, -0.1) is 0 Å². The third-order valence-electron chi connectivity index (χ3n) is 6.70. The molecule has 2 aliphatic rings. The molecule has 0 radical (unpaired) electrons. The molecule has 2 rings (SSSR count). The van der Waals surface area contributed by atoms with Gasteiger partial charge >= 0.3 is 6.18 Å². The molecule has 0 aliphatic heterocycles. The van der Waals surface area contributed by atoms with Crippen LogP contribution in [0.4, 0.5) is 17.6 Å². The van der Waals surface area contributed by atoms with Crippen LogP contribution in [-0.2, 0) is 0 Å². The normalized spacial score (nSPS) is 36.6. The Hall–Kier alpha value is -0.360. The van der Waals surface area contributed by atoms with E-state index in [1.807, 2.05) is 6.92 Å². The first kappa shape index (κ1) is 21.9. The molecule has 0 spiro atoms. The summed E-state index contributed by atoms with van der Waals surface area (Å²) in [6, 6.07) is 0. The van der Waals surface area contributed by atoms with Gasteiger partial charge in [-0.1, -0.05) is 40.0 Å². The molecule has 26 heavy (non-hydrogen) atoms. The number of halogens is 4. The van der Waals surface area contributed by atoms with Gasteiger partial charge in [0.05, 0.1) is 6.10 Å². The predicted octanol–water partition coefficient (Wildman–Crippen LogP) is 5.41. The first-order valence-corrected chi connectivity index (χ1v) is 9.95. The van der Waals surface area contributed by atoms with Crippen LogP contribution in [0.25, 0.3) is 0 Å². The van der Waals surface area contributed by atoms with E-state index < -0.39 is 41.8 Å². The van der Waals surface area contributed by atoms with E-state index in [4.69, 9.17) is 0 Å². The summed E-state index contributed by atoms with van der Waals surface area (Å²) < 4.78 is 55.3. The zero-order valence-electron chi connectivity index (χ0n) is 16.2. The Balaban J connectivity index is 2.17. The zero-order valence-corrected chi connectivity index (χ0v) is 16.2. The van der Waals surface area contributed by atoms with E-state index in [1.54, 1.807) is 13.8 Å². The lowest BCUT2D eigenvalue weighted by molar-refractivity contribution is -0.280. The fraction of sp³-hybridized carbons (Fsp3) is 1.00. The Morgan fingerprint density at radius 1 is 1.00 bits per heavy atom. The number of aliphatic hydroxyl groups is 2. The van der Waals surface area contributed by atoms with Gasteiger partial charge in [-0.25, -0.2) is 4.39 Å². The molecule has 6 heteroatoms. The zero-order chi connectivity index (χ0) is 19.8. The predicted molar refractivity (Wildman–Crippen MR) is 93.4 cm³/mol. The van der Waals surface area contributed by atoms with Crippen molar-refractivity contribution in [2.75, 3.05) is 0 Å². The summed E-state index contributed by atoms with van der Waals surface area (Å²) in [6.07, 6.45) is -3.54. The maximum atomic E-state index is 13.8. The van der Waals surface area contributed by atoms with Crippen molar-refractivity contribution in [2.24, 2.45) is 23.2 Å². The minimum Gasteiger partial charge on any atom is -0.393 e. The fourth-order valence-corrected chi connectivity index (χ4v) is 5.34. The fourth-order valence-electron chi connectivity index (χ4n) is 5.34. The van der Waals surface area contributed by atoms with Crippen molar-refractivity contribution in [2.45, 2.75) is 103 Å². The summed E-state index contributed by atoms with van der Waals surface area (Å²) in [4.78, 5) is 0. The third kappa shape index (κ3) is 5.12. The molecule has 2 N–H and O–H groups in total. The molecule has 0 amide bonds. The van der Waals surface area contributed by atoms with E-state index in [-0.39, 0.29) is 31.6 Å². The van der Waals surface area contributed by atoms with Crippen LogP contribution in [0.1, 0.15) is 78.6 Å². The molecule has 2 aliphatic carbocycles. The van der Waals surface area contributed by atoms with Gasteiger partial charge in [0, 0.05) is 0 Å². The Bertz CT molecular complexity index is 465. The Morgan fingerprint density at radius 2 is 1.65 bits per heavy atom. The molecule has 2 saturated carbocycles. The number of hydrogen-bond donors (Lipinski definition) is 2. The van der Waals surface area contributed by atoms with Crippen molar-refractivity contribution >= 4 is 0 Å². The van der Waals surface area contributed by atoms with Crippen LogP contribution in [0.2, 0.25) is 0 Å². The highest BCUT2D eigenvalue weighted by Gasteiger charge is 2.58. The van der Waals surface area contributed by atoms with Gasteiger partial charge in [-0.2, -0.15) is 13.2 Å². The molecule has 0 heterocycles. The van der Waals surface area contributed by atoms with Gasteiger partial charge in [-0.3, -0.25) is 0 Å². The molecule has 0 saturated heterocycles. The minimum absolute atomic E-state index is 0.0581. The number of hydrogen-bond acceptors (Lipinski definition) is 2. The van der Waals surface area contributed by atoms with E-state index in [0.29, 0.717) is 18.8 Å². The summed E-state index contributed by atoms with van der Waals surface area (Å²) in [7, 11) is 0. The van der Waals surface area contributed by atoms with Crippen molar-refractivity contribution in [3.63, 3.8) is 0 Å². The highest BCUT2D eigenvalue weighted by Crippen LogP contribution is 2.50. The second-order valence-electron chi connectivity index (χ2n) is 9.62. The Kier molecular flexibility index (Phi) is 6.70. The molecule has 0 bridgehead atoms. The van der Waals surface area contributed by atoms with Gasteiger partial charge in [0.2, 0.25) is 0 Å². The molecule has 2 fully saturated rings. The van der Waals surface area contributed by atoms with Crippen molar-refractivity contribution in [1.29, 1.82) is 0 Å².